The van der Waals surface area contributed by atoms with Gasteiger partial charge in [0.05, 0.1) is 6.04 Å². The van der Waals surface area contributed by atoms with Gasteiger partial charge in [0.25, 0.3) is 5.91 Å². The molecule has 1 atom stereocenters. The van der Waals surface area contributed by atoms with Gasteiger partial charge < -0.3 is 14.5 Å². The minimum absolute atomic E-state index is 0.0368. The molecular formula is C27H29BrN2O3S. The second-order valence-corrected chi connectivity index (χ2v) is 10.4. The summed E-state index contributed by atoms with van der Waals surface area (Å²) in [5.74, 6) is -0.178. The second-order valence-electron chi connectivity index (χ2n) is 8.53. The van der Waals surface area contributed by atoms with Gasteiger partial charge >= 0.3 is 0 Å². The number of hydrogen-bond acceptors (Lipinski definition) is 4. The summed E-state index contributed by atoms with van der Waals surface area (Å²) >= 11 is 5.17. The van der Waals surface area contributed by atoms with Crippen molar-refractivity contribution in [2.24, 2.45) is 0 Å². The lowest BCUT2D eigenvalue weighted by Crippen LogP contribution is -2.47. The van der Waals surface area contributed by atoms with Gasteiger partial charge in [-0.05, 0) is 66.6 Å². The summed E-state index contributed by atoms with van der Waals surface area (Å²) in [5, 5.41) is 2.11. The minimum atomic E-state index is -0.142. The first kappa shape index (κ1) is 24.6. The van der Waals surface area contributed by atoms with Crippen LogP contribution in [0.15, 0.2) is 64.5 Å². The Kier molecular flexibility index (Phi) is 8.19. The molecule has 0 aliphatic carbocycles. The molecule has 2 aromatic carbocycles. The van der Waals surface area contributed by atoms with Gasteiger partial charge in [-0.2, -0.15) is 0 Å². The SMILES string of the molecule is COCCCN(CC(=O)N1CCc2sccc2C1c1ccc(C)cc1)C(=O)c1ccc(Br)cc1. The van der Waals surface area contributed by atoms with Crippen LogP contribution in [0.25, 0.3) is 0 Å². The molecule has 34 heavy (non-hydrogen) atoms. The highest BCUT2D eigenvalue weighted by molar-refractivity contribution is 9.10. The topological polar surface area (TPSA) is 49.9 Å². The Morgan fingerprint density at radius 3 is 2.56 bits per heavy atom. The number of carbonyl (C=O) groups excluding carboxylic acids is 2. The Bertz CT molecular complexity index is 1130. The number of amides is 2. The molecule has 1 unspecified atom stereocenters. The van der Waals surface area contributed by atoms with E-state index in [-0.39, 0.29) is 24.4 Å². The number of fused-ring (bicyclic) bond motifs is 1. The number of halogens is 1. The van der Waals surface area contributed by atoms with Crippen LogP contribution in [-0.4, -0.2) is 55.0 Å². The molecule has 0 N–H and O–H groups in total. The van der Waals surface area contributed by atoms with E-state index in [1.807, 2.05) is 17.0 Å². The maximum atomic E-state index is 13.7. The maximum Gasteiger partial charge on any atom is 0.254 e. The van der Waals surface area contributed by atoms with E-state index >= 15 is 0 Å². The Labute approximate surface area is 213 Å². The van der Waals surface area contributed by atoms with Crippen molar-refractivity contribution in [3.8, 4) is 0 Å². The summed E-state index contributed by atoms with van der Waals surface area (Å²) in [5.41, 5.74) is 4.05. The molecule has 7 heteroatoms. The molecule has 0 saturated heterocycles. The third kappa shape index (κ3) is 5.59. The van der Waals surface area contributed by atoms with Crippen LogP contribution in [0.1, 0.15) is 44.4 Å². The fourth-order valence-electron chi connectivity index (χ4n) is 4.37. The van der Waals surface area contributed by atoms with E-state index in [1.165, 1.54) is 16.0 Å². The molecule has 2 heterocycles. The average molecular weight is 542 g/mol. The van der Waals surface area contributed by atoms with Crippen LogP contribution in [0.3, 0.4) is 0 Å². The van der Waals surface area contributed by atoms with E-state index in [0.29, 0.717) is 31.7 Å². The van der Waals surface area contributed by atoms with Gasteiger partial charge in [-0.25, -0.2) is 0 Å². The Hall–Kier alpha value is -2.48. The third-order valence-electron chi connectivity index (χ3n) is 6.16. The van der Waals surface area contributed by atoms with Gasteiger partial charge in [-0.1, -0.05) is 45.8 Å². The van der Waals surface area contributed by atoms with Gasteiger partial charge in [-0.15, -0.1) is 11.3 Å². The van der Waals surface area contributed by atoms with Gasteiger partial charge in [-0.3, -0.25) is 9.59 Å². The van der Waals surface area contributed by atoms with Crippen molar-refractivity contribution in [1.29, 1.82) is 0 Å². The van der Waals surface area contributed by atoms with Crippen LogP contribution in [-0.2, 0) is 16.0 Å². The number of rotatable bonds is 8. The van der Waals surface area contributed by atoms with Crippen molar-refractivity contribution in [2.45, 2.75) is 25.8 Å². The highest BCUT2D eigenvalue weighted by Gasteiger charge is 2.34. The molecular weight excluding hydrogens is 512 g/mol. The lowest BCUT2D eigenvalue weighted by atomic mass is 9.92. The van der Waals surface area contributed by atoms with E-state index in [0.717, 1.165) is 16.5 Å². The predicted octanol–water partition coefficient (Wildman–Crippen LogP) is 5.47. The van der Waals surface area contributed by atoms with Crippen molar-refractivity contribution in [3.05, 3.63) is 91.6 Å². The van der Waals surface area contributed by atoms with E-state index in [1.54, 1.807) is 35.5 Å². The van der Waals surface area contributed by atoms with Crippen LogP contribution >= 0.6 is 27.3 Å². The van der Waals surface area contributed by atoms with Crippen molar-refractivity contribution >= 4 is 39.1 Å². The molecule has 3 aromatic rings. The van der Waals surface area contributed by atoms with Crippen molar-refractivity contribution in [3.63, 3.8) is 0 Å². The zero-order valence-corrected chi connectivity index (χ0v) is 21.9. The molecule has 1 aliphatic heterocycles. The number of benzene rings is 2. The van der Waals surface area contributed by atoms with Gasteiger partial charge in [0.1, 0.15) is 6.54 Å². The van der Waals surface area contributed by atoms with E-state index in [2.05, 4.69) is 58.6 Å². The summed E-state index contributed by atoms with van der Waals surface area (Å²) in [6, 6.07) is 17.7. The first-order chi connectivity index (χ1) is 16.5. The number of carbonyl (C=O) groups is 2. The maximum absolute atomic E-state index is 13.7. The molecule has 0 bridgehead atoms. The second kappa shape index (κ2) is 11.3. The standard InChI is InChI=1S/C27H29BrN2O3S/c1-19-4-6-20(7-5-19)26-23-13-17-34-24(23)12-15-30(26)25(31)18-29(14-3-16-33-2)27(32)21-8-10-22(28)11-9-21/h4-11,13,17,26H,3,12,14-16,18H2,1-2H3. The molecule has 0 radical (unpaired) electrons. The monoisotopic (exact) mass is 540 g/mol. The highest BCUT2D eigenvalue weighted by Crippen LogP contribution is 2.38. The first-order valence-electron chi connectivity index (χ1n) is 11.4. The summed E-state index contributed by atoms with van der Waals surface area (Å²) in [6.45, 7) is 3.74. The summed E-state index contributed by atoms with van der Waals surface area (Å²) in [6.07, 6.45) is 1.51. The summed E-state index contributed by atoms with van der Waals surface area (Å²) < 4.78 is 6.10. The lowest BCUT2D eigenvalue weighted by Gasteiger charge is -2.37. The average Bonchev–Trinajstić information content (AvgIpc) is 3.32. The Morgan fingerprint density at radius 1 is 1.12 bits per heavy atom. The Morgan fingerprint density at radius 2 is 1.85 bits per heavy atom. The molecule has 4 rings (SSSR count). The number of nitrogens with zero attached hydrogens (tertiary/aromatic N) is 2. The first-order valence-corrected chi connectivity index (χ1v) is 13.1. The van der Waals surface area contributed by atoms with Gasteiger partial charge in [0.2, 0.25) is 5.91 Å². The lowest BCUT2D eigenvalue weighted by molar-refractivity contribution is -0.134. The van der Waals surface area contributed by atoms with Crippen LogP contribution < -0.4 is 0 Å². The minimum Gasteiger partial charge on any atom is -0.385 e. The normalized spacial score (nSPS) is 15.1. The molecule has 0 spiro atoms. The van der Waals surface area contributed by atoms with E-state index in [9.17, 15) is 9.59 Å². The quantitative estimate of drug-likeness (QED) is 0.356. The van der Waals surface area contributed by atoms with Crippen LogP contribution in [0.5, 0.6) is 0 Å². The fraction of sp³-hybridized carbons (Fsp3) is 0.333. The number of methoxy groups -OCH3 is 1. The molecule has 0 saturated carbocycles. The molecule has 2 amide bonds. The van der Waals surface area contributed by atoms with Gasteiger partial charge in [0, 0.05) is 41.7 Å². The Balaban J connectivity index is 1.59. The summed E-state index contributed by atoms with van der Waals surface area (Å²) in [7, 11) is 1.64. The van der Waals surface area contributed by atoms with Crippen molar-refractivity contribution in [1.82, 2.24) is 9.80 Å². The molecule has 1 aliphatic rings. The smallest absolute Gasteiger partial charge is 0.254 e. The number of aryl methyl sites for hydroxylation is 1. The van der Waals surface area contributed by atoms with Gasteiger partial charge in [0.15, 0.2) is 0 Å². The summed E-state index contributed by atoms with van der Waals surface area (Å²) in [4.78, 5) is 32.0. The van der Waals surface area contributed by atoms with Crippen molar-refractivity contribution in [2.75, 3.05) is 33.4 Å². The fourth-order valence-corrected chi connectivity index (χ4v) is 5.54. The number of hydrogen-bond donors (Lipinski definition) is 0. The van der Waals surface area contributed by atoms with Crippen LogP contribution in [0.4, 0.5) is 0 Å². The number of thiophene rings is 1. The zero-order chi connectivity index (χ0) is 24.1. The third-order valence-corrected chi connectivity index (χ3v) is 7.69. The van der Waals surface area contributed by atoms with E-state index in [4.69, 9.17) is 4.74 Å². The highest BCUT2D eigenvalue weighted by atomic mass is 79.9. The van der Waals surface area contributed by atoms with E-state index < -0.39 is 0 Å². The molecule has 178 valence electrons. The molecule has 0 fully saturated rings. The predicted molar refractivity (Wildman–Crippen MR) is 139 cm³/mol. The zero-order valence-electron chi connectivity index (χ0n) is 19.5. The molecule has 5 nitrogen and oxygen atoms in total. The van der Waals surface area contributed by atoms with Crippen LogP contribution in [0, 0.1) is 6.92 Å². The van der Waals surface area contributed by atoms with Crippen molar-refractivity contribution < 1.29 is 14.3 Å². The van der Waals surface area contributed by atoms with Crippen LogP contribution in [0.2, 0.25) is 0 Å². The number of ether oxygens (including phenoxy) is 1. The molecule has 1 aromatic heterocycles. The largest absolute Gasteiger partial charge is 0.385 e.